The van der Waals surface area contributed by atoms with Crippen LogP contribution in [-0.4, -0.2) is 28.0 Å². The number of amides is 1. The fraction of sp³-hybridized carbons (Fsp3) is 0.222. The lowest BCUT2D eigenvalue weighted by Crippen LogP contribution is -2.33. The van der Waals surface area contributed by atoms with Gasteiger partial charge in [-0.15, -0.1) is 0 Å². The van der Waals surface area contributed by atoms with Gasteiger partial charge in [0, 0.05) is 6.07 Å². The first-order chi connectivity index (χ1) is 7.45. The summed E-state index contributed by atoms with van der Waals surface area (Å²) in [4.78, 5) is 10.5. The Hall–Kier alpha value is -1.60. The van der Waals surface area contributed by atoms with Gasteiger partial charge in [0.25, 0.3) is 0 Å². The van der Waals surface area contributed by atoms with Crippen LogP contribution in [0.2, 0.25) is 0 Å². The monoisotopic (exact) mass is 244 g/mol. The molecule has 6 nitrogen and oxygen atoms in total. The SMILES string of the molecule is COc1cccc(S(=O)(=O)NCC(N)=O)c1. The number of benzene rings is 1. The molecule has 0 atom stereocenters. The van der Waals surface area contributed by atoms with E-state index in [0.717, 1.165) is 0 Å². The Bertz CT molecular complexity index is 484. The number of methoxy groups -OCH3 is 1. The first kappa shape index (κ1) is 12.5. The molecule has 16 heavy (non-hydrogen) atoms. The van der Waals surface area contributed by atoms with Crippen LogP contribution in [0.3, 0.4) is 0 Å². The molecule has 0 unspecified atom stereocenters. The Morgan fingerprint density at radius 1 is 1.50 bits per heavy atom. The molecule has 0 saturated carbocycles. The molecule has 0 fully saturated rings. The number of hydrogen-bond acceptors (Lipinski definition) is 4. The minimum atomic E-state index is -3.72. The maximum absolute atomic E-state index is 11.6. The Labute approximate surface area is 93.5 Å². The number of hydrogen-bond donors (Lipinski definition) is 2. The third-order valence-electron chi connectivity index (χ3n) is 1.79. The first-order valence-electron chi connectivity index (χ1n) is 4.38. The summed E-state index contributed by atoms with van der Waals surface area (Å²) in [6, 6.07) is 5.90. The summed E-state index contributed by atoms with van der Waals surface area (Å²) >= 11 is 0. The third-order valence-corrected chi connectivity index (χ3v) is 3.19. The summed E-state index contributed by atoms with van der Waals surface area (Å²) in [5.41, 5.74) is 4.84. The van der Waals surface area contributed by atoms with E-state index in [0.29, 0.717) is 5.75 Å². The summed E-state index contributed by atoms with van der Waals surface area (Å²) in [7, 11) is -2.29. The Morgan fingerprint density at radius 3 is 2.75 bits per heavy atom. The van der Waals surface area contributed by atoms with Crippen molar-refractivity contribution in [2.24, 2.45) is 5.73 Å². The van der Waals surface area contributed by atoms with E-state index >= 15 is 0 Å². The number of nitrogens with one attached hydrogen (secondary N) is 1. The third kappa shape index (κ3) is 3.21. The van der Waals surface area contributed by atoms with E-state index in [9.17, 15) is 13.2 Å². The van der Waals surface area contributed by atoms with Crippen molar-refractivity contribution < 1.29 is 17.9 Å². The molecule has 0 aliphatic rings. The van der Waals surface area contributed by atoms with E-state index in [1.807, 2.05) is 0 Å². The minimum absolute atomic E-state index is 0.0214. The quantitative estimate of drug-likeness (QED) is 0.726. The predicted octanol–water partition coefficient (Wildman–Crippen LogP) is -0.541. The highest BCUT2D eigenvalue weighted by Gasteiger charge is 2.14. The lowest BCUT2D eigenvalue weighted by atomic mass is 10.3. The maximum Gasteiger partial charge on any atom is 0.241 e. The molecular formula is C9H12N2O4S. The van der Waals surface area contributed by atoms with Crippen LogP contribution in [0.1, 0.15) is 0 Å². The zero-order chi connectivity index (χ0) is 12.2. The molecule has 1 aromatic rings. The normalized spacial score (nSPS) is 11.1. The molecule has 0 aliphatic heterocycles. The van der Waals surface area contributed by atoms with Crippen molar-refractivity contribution >= 4 is 15.9 Å². The zero-order valence-corrected chi connectivity index (χ0v) is 9.45. The molecule has 7 heteroatoms. The minimum Gasteiger partial charge on any atom is -0.497 e. The van der Waals surface area contributed by atoms with Gasteiger partial charge in [-0.25, -0.2) is 13.1 Å². The van der Waals surface area contributed by atoms with Crippen LogP contribution in [-0.2, 0) is 14.8 Å². The number of carbonyl (C=O) groups excluding carboxylic acids is 1. The van der Waals surface area contributed by atoms with Crippen molar-refractivity contribution in [2.75, 3.05) is 13.7 Å². The molecular weight excluding hydrogens is 232 g/mol. The molecule has 0 spiro atoms. The standard InChI is InChI=1S/C9H12N2O4S/c1-15-7-3-2-4-8(5-7)16(13,14)11-6-9(10)12/h2-5,11H,6H2,1H3,(H2,10,12). The fourth-order valence-electron chi connectivity index (χ4n) is 1.02. The van der Waals surface area contributed by atoms with Crippen molar-refractivity contribution in [2.45, 2.75) is 4.90 Å². The first-order valence-corrected chi connectivity index (χ1v) is 5.86. The number of primary amides is 1. The average Bonchev–Trinajstić information content (AvgIpc) is 2.27. The van der Waals surface area contributed by atoms with Gasteiger partial charge < -0.3 is 10.5 Å². The lowest BCUT2D eigenvalue weighted by molar-refractivity contribution is -0.116. The Balaban J connectivity index is 2.93. The number of nitrogens with two attached hydrogens (primary N) is 1. The summed E-state index contributed by atoms with van der Waals surface area (Å²) < 4.78 is 30.2. The molecule has 88 valence electrons. The van der Waals surface area contributed by atoms with Crippen LogP contribution in [0.5, 0.6) is 5.75 Å². The Morgan fingerprint density at radius 2 is 2.19 bits per heavy atom. The second-order valence-electron chi connectivity index (χ2n) is 2.97. The van der Waals surface area contributed by atoms with E-state index in [2.05, 4.69) is 4.72 Å². The second-order valence-corrected chi connectivity index (χ2v) is 4.74. The van der Waals surface area contributed by atoms with Gasteiger partial charge in [-0.3, -0.25) is 4.79 Å². The lowest BCUT2D eigenvalue weighted by Gasteiger charge is -2.06. The number of rotatable bonds is 5. The predicted molar refractivity (Wildman–Crippen MR) is 57.4 cm³/mol. The van der Waals surface area contributed by atoms with Crippen molar-refractivity contribution in [3.63, 3.8) is 0 Å². The molecule has 0 bridgehead atoms. The van der Waals surface area contributed by atoms with Crippen molar-refractivity contribution in [1.29, 1.82) is 0 Å². The number of ether oxygens (including phenoxy) is 1. The molecule has 3 N–H and O–H groups in total. The van der Waals surface area contributed by atoms with E-state index < -0.39 is 22.5 Å². The summed E-state index contributed by atoms with van der Waals surface area (Å²) in [5, 5.41) is 0. The van der Waals surface area contributed by atoms with E-state index in [-0.39, 0.29) is 4.90 Å². The molecule has 1 rings (SSSR count). The van der Waals surface area contributed by atoms with Gasteiger partial charge in [-0.2, -0.15) is 0 Å². The second kappa shape index (κ2) is 4.95. The van der Waals surface area contributed by atoms with Crippen LogP contribution < -0.4 is 15.2 Å². The molecule has 0 aliphatic carbocycles. The van der Waals surface area contributed by atoms with Crippen LogP contribution in [0.25, 0.3) is 0 Å². The largest absolute Gasteiger partial charge is 0.497 e. The summed E-state index contributed by atoms with van der Waals surface area (Å²) in [5.74, 6) is -0.326. The van der Waals surface area contributed by atoms with E-state index in [1.54, 1.807) is 6.07 Å². The smallest absolute Gasteiger partial charge is 0.241 e. The van der Waals surface area contributed by atoms with Crippen molar-refractivity contribution in [3.05, 3.63) is 24.3 Å². The maximum atomic E-state index is 11.6. The van der Waals surface area contributed by atoms with Gasteiger partial charge in [0.1, 0.15) is 5.75 Å². The highest BCUT2D eigenvalue weighted by Crippen LogP contribution is 2.16. The van der Waals surface area contributed by atoms with Gasteiger partial charge in [-0.05, 0) is 12.1 Å². The van der Waals surface area contributed by atoms with Crippen LogP contribution in [0, 0.1) is 0 Å². The fourth-order valence-corrected chi connectivity index (χ4v) is 2.05. The Kier molecular flexibility index (Phi) is 3.86. The van der Waals surface area contributed by atoms with E-state index in [4.69, 9.17) is 10.5 Å². The number of sulfonamides is 1. The van der Waals surface area contributed by atoms with Gasteiger partial charge in [0.2, 0.25) is 15.9 Å². The highest BCUT2D eigenvalue weighted by atomic mass is 32.2. The molecule has 1 amide bonds. The molecule has 0 heterocycles. The molecule has 0 radical (unpaired) electrons. The van der Waals surface area contributed by atoms with Crippen LogP contribution in [0.15, 0.2) is 29.2 Å². The van der Waals surface area contributed by atoms with Crippen LogP contribution in [0.4, 0.5) is 0 Å². The zero-order valence-electron chi connectivity index (χ0n) is 8.64. The summed E-state index contributed by atoms with van der Waals surface area (Å²) in [6.45, 7) is -0.431. The summed E-state index contributed by atoms with van der Waals surface area (Å²) in [6.07, 6.45) is 0. The van der Waals surface area contributed by atoms with Gasteiger partial charge in [0.05, 0.1) is 18.6 Å². The molecule has 1 aromatic carbocycles. The average molecular weight is 244 g/mol. The van der Waals surface area contributed by atoms with Gasteiger partial charge in [0.15, 0.2) is 0 Å². The topological polar surface area (TPSA) is 98.5 Å². The highest BCUT2D eigenvalue weighted by molar-refractivity contribution is 7.89. The van der Waals surface area contributed by atoms with Crippen molar-refractivity contribution in [3.8, 4) is 5.75 Å². The van der Waals surface area contributed by atoms with Gasteiger partial charge in [-0.1, -0.05) is 6.07 Å². The van der Waals surface area contributed by atoms with Crippen LogP contribution >= 0.6 is 0 Å². The number of carbonyl (C=O) groups is 1. The molecule has 0 saturated heterocycles. The van der Waals surface area contributed by atoms with Crippen molar-refractivity contribution in [1.82, 2.24) is 4.72 Å². The van der Waals surface area contributed by atoms with Gasteiger partial charge >= 0.3 is 0 Å². The molecule has 0 aromatic heterocycles. The van der Waals surface area contributed by atoms with E-state index in [1.165, 1.54) is 25.3 Å².